The lowest BCUT2D eigenvalue weighted by molar-refractivity contribution is -0.145. The van der Waals surface area contributed by atoms with Crippen molar-refractivity contribution in [2.45, 2.75) is 24.1 Å². The normalized spacial score (nSPS) is 17.3. The Morgan fingerprint density at radius 2 is 1.93 bits per heavy atom. The Morgan fingerprint density at radius 3 is 2.59 bits per heavy atom. The third-order valence-corrected chi connectivity index (χ3v) is 6.51. The smallest absolute Gasteiger partial charge is 0.239 e. The van der Waals surface area contributed by atoms with Crippen molar-refractivity contribution in [3.8, 4) is 0 Å². The molecule has 0 radical (unpaired) electrons. The van der Waals surface area contributed by atoms with E-state index in [4.69, 9.17) is 23.2 Å². The highest BCUT2D eigenvalue weighted by atomic mass is 35.5. The Balaban J connectivity index is 1.53. The van der Waals surface area contributed by atoms with Gasteiger partial charge in [0.2, 0.25) is 11.8 Å². The summed E-state index contributed by atoms with van der Waals surface area (Å²) in [6.45, 7) is 0.115. The number of carbonyl (C=O) groups excluding carboxylic acids is 2. The van der Waals surface area contributed by atoms with E-state index in [0.29, 0.717) is 15.8 Å². The summed E-state index contributed by atoms with van der Waals surface area (Å²) in [7, 11) is -1.25. The Labute approximate surface area is 170 Å². The van der Waals surface area contributed by atoms with Crippen LogP contribution in [0, 0.1) is 0 Å². The van der Waals surface area contributed by atoms with Crippen LogP contribution in [0.1, 0.15) is 17.5 Å². The fourth-order valence-electron chi connectivity index (χ4n) is 2.75. The van der Waals surface area contributed by atoms with Crippen LogP contribution >= 0.6 is 23.2 Å². The van der Waals surface area contributed by atoms with Gasteiger partial charge in [-0.15, -0.1) is 0 Å². The quantitative estimate of drug-likeness (QED) is 0.694. The van der Waals surface area contributed by atoms with Gasteiger partial charge in [-0.2, -0.15) is 0 Å². The molecule has 1 aliphatic heterocycles. The van der Waals surface area contributed by atoms with Gasteiger partial charge in [0.05, 0.1) is 12.2 Å². The molecule has 0 aromatic heterocycles. The highest BCUT2D eigenvalue weighted by molar-refractivity contribution is 7.85. The van der Waals surface area contributed by atoms with E-state index in [2.05, 4.69) is 5.32 Å². The van der Waals surface area contributed by atoms with Crippen molar-refractivity contribution < 1.29 is 13.8 Å². The van der Waals surface area contributed by atoms with E-state index in [-0.39, 0.29) is 31.3 Å². The molecule has 1 aliphatic rings. The Morgan fingerprint density at radius 1 is 1.19 bits per heavy atom. The van der Waals surface area contributed by atoms with Gasteiger partial charge in [-0.1, -0.05) is 59.6 Å². The van der Waals surface area contributed by atoms with Crippen molar-refractivity contribution in [3.05, 3.63) is 69.7 Å². The monoisotopic (exact) mass is 424 g/mol. The van der Waals surface area contributed by atoms with Gasteiger partial charge in [-0.3, -0.25) is 13.8 Å². The first-order chi connectivity index (χ1) is 12.9. The molecule has 2 amide bonds. The zero-order chi connectivity index (χ0) is 19.4. The first-order valence-corrected chi connectivity index (χ1v) is 10.5. The molecule has 1 saturated heterocycles. The fourth-order valence-corrected chi connectivity index (χ4v) is 4.75. The van der Waals surface area contributed by atoms with Crippen LogP contribution in [0.2, 0.25) is 10.0 Å². The number of rotatable bonds is 7. The van der Waals surface area contributed by atoms with Gasteiger partial charge in [-0.05, 0) is 23.3 Å². The molecular weight excluding hydrogens is 407 g/mol. The average Bonchev–Trinajstić information content (AvgIpc) is 2.64. The average molecular weight is 425 g/mol. The third-order valence-electron chi connectivity index (χ3n) is 4.28. The summed E-state index contributed by atoms with van der Waals surface area (Å²) in [6.07, 6.45) is 0.204. The number of nitrogens with one attached hydrogen (secondary N) is 1. The van der Waals surface area contributed by atoms with Crippen LogP contribution in [0.3, 0.4) is 0 Å². The van der Waals surface area contributed by atoms with Crippen molar-refractivity contribution in [2.75, 3.05) is 6.54 Å². The second-order valence-electron chi connectivity index (χ2n) is 6.20. The molecule has 3 rings (SSSR count). The van der Waals surface area contributed by atoms with Crippen LogP contribution in [0.15, 0.2) is 48.5 Å². The molecule has 2 aromatic carbocycles. The van der Waals surface area contributed by atoms with Gasteiger partial charge in [0.15, 0.2) is 0 Å². The van der Waals surface area contributed by atoms with E-state index in [1.54, 1.807) is 18.2 Å². The van der Waals surface area contributed by atoms with Crippen LogP contribution in [-0.4, -0.2) is 32.8 Å². The van der Waals surface area contributed by atoms with Gasteiger partial charge in [0.1, 0.15) is 11.9 Å². The van der Waals surface area contributed by atoms with Crippen molar-refractivity contribution in [2.24, 2.45) is 0 Å². The van der Waals surface area contributed by atoms with E-state index < -0.39 is 16.2 Å². The SMILES string of the molecule is O=C(CN1C(=O)CC1S(=O)Cc1ccccc1)NCc1ccc(Cl)cc1Cl. The van der Waals surface area contributed by atoms with Crippen LogP contribution in [-0.2, 0) is 32.7 Å². The number of amides is 2. The van der Waals surface area contributed by atoms with E-state index in [0.717, 1.165) is 11.1 Å². The number of carbonyl (C=O) groups is 2. The molecule has 0 spiro atoms. The molecule has 0 aliphatic carbocycles. The molecule has 2 atom stereocenters. The molecule has 1 heterocycles. The minimum Gasteiger partial charge on any atom is -0.350 e. The van der Waals surface area contributed by atoms with Gasteiger partial charge in [0, 0.05) is 27.4 Å². The number of hydrogen-bond donors (Lipinski definition) is 1. The zero-order valence-electron chi connectivity index (χ0n) is 14.4. The minimum atomic E-state index is -1.25. The predicted molar refractivity (Wildman–Crippen MR) is 107 cm³/mol. The van der Waals surface area contributed by atoms with Crippen molar-refractivity contribution in [1.82, 2.24) is 10.2 Å². The first kappa shape index (κ1) is 19.9. The molecule has 0 bridgehead atoms. The molecule has 2 aromatic rings. The molecular formula is C19H18Cl2N2O3S. The minimum absolute atomic E-state index is 0.116. The molecule has 8 heteroatoms. The predicted octanol–water partition coefficient (Wildman–Crippen LogP) is 3.12. The van der Waals surface area contributed by atoms with Crippen LogP contribution in [0.5, 0.6) is 0 Å². The van der Waals surface area contributed by atoms with Gasteiger partial charge in [0.25, 0.3) is 0 Å². The highest BCUT2D eigenvalue weighted by Crippen LogP contribution is 2.24. The highest BCUT2D eigenvalue weighted by Gasteiger charge is 2.41. The largest absolute Gasteiger partial charge is 0.350 e. The second kappa shape index (κ2) is 8.87. The number of hydrogen-bond acceptors (Lipinski definition) is 3. The fraction of sp³-hybridized carbons (Fsp3) is 0.263. The summed E-state index contributed by atoms with van der Waals surface area (Å²) < 4.78 is 12.5. The van der Waals surface area contributed by atoms with Gasteiger partial charge < -0.3 is 10.2 Å². The maximum atomic E-state index is 12.5. The lowest BCUT2D eigenvalue weighted by atomic mass is 10.2. The number of nitrogens with zero attached hydrogens (tertiary/aromatic N) is 1. The van der Waals surface area contributed by atoms with Crippen molar-refractivity contribution >= 4 is 45.8 Å². The number of likely N-dealkylation sites (tertiary alicyclic amines) is 1. The van der Waals surface area contributed by atoms with Crippen LogP contribution in [0.25, 0.3) is 0 Å². The zero-order valence-corrected chi connectivity index (χ0v) is 16.7. The number of halogens is 2. The topological polar surface area (TPSA) is 66.5 Å². The maximum Gasteiger partial charge on any atom is 0.239 e. The molecule has 5 nitrogen and oxygen atoms in total. The Hall–Kier alpha value is -1.89. The molecule has 1 fully saturated rings. The number of β-lactam (4-membered cyclic amide) rings is 1. The molecule has 0 saturated carbocycles. The van der Waals surface area contributed by atoms with E-state index >= 15 is 0 Å². The summed E-state index contributed by atoms with van der Waals surface area (Å²) in [5, 5.41) is 3.28. The lowest BCUT2D eigenvalue weighted by Gasteiger charge is -2.39. The van der Waals surface area contributed by atoms with Gasteiger partial charge >= 0.3 is 0 Å². The van der Waals surface area contributed by atoms with E-state index in [1.807, 2.05) is 30.3 Å². The number of benzene rings is 2. The van der Waals surface area contributed by atoms with Gasteiger partial charge in [-0.25, -0.2) is 0 Å². The Kier molecular flexibility index (Phi) is 6.52. The summed E-state index contributed by atoms with van der Waals surface area (Å²) >= 11 is 11.9. The molecule has 27 heavy (non-hydrogen) atoms. The van der Waals surface area contributed by atoms with Crippen molar-refractivity contribution in [1.29, 1.82) is 0 Å². The Bertz CT molecular complexity index is 877. The third kappa shape index (κ3) is 5.09. The molecule has 1 N–H and O–H groups in total. The van der Waals surface area contributed by atoms with Crippen LogP contribution in [0.4, 0.5) is 0 Å². The summed E-state index contributed by atoms with van der Waals surface area (Å²) in [4.78, 5) is 25.4. The maximum absolute atomic E-state index is 12.5. The van der Waals surface area contributed by atoms with Crippen LogP contribution < -0.4 is 5.32 Å². The molecule has 142 valence electrons. The second-order valence-corrected chi connectivity index (χ2v) is 8.64. The summed E-state index contributed by atoms with van der Waals surface area (Å²) in [6, 6.07) is 14.5. The first-order valence-electron chi connectivity index (χ1n) is 8.35. The standard InChI is InChI=1S/C19H18Cl2N2O3S/c20-15-7-6-14(16(21)8-15)10-22-17(24)11-23-18(25)9-19(23)27(26)12-13-4-2-1-3-5-13/h1-8,19H,9-12H2,(H,22,24). The lowest BCUT2D eigenvalue weighted by Crippen LogP contribution is -2.57. The van der Waals surface area contributed by atoms with E-state index in [1.165, 1.54) is 4.90 Å². The summed E-state index contributed by atoms with van der Waals surface area (Å²) in [5.41, 5.74) is 1.67. The van der Waals surface area contributed by atoms with Crippen molar-refractivity contribution in [3.63, 3.8) is 0 Å². The van der Waals surface area contributed by atoms with E-state index in [9.17, 15) is 13.8 Å². The summed E-state index contributed by atoms with van der Waals surface area (Å²) in [5.74, 6) is -0.131. The molecule has 2 unspecified atom stereocenters.